The van der Waals surface area contributed by atoms with Crippen LogP contribution in [0.15, 0.2) is 76.2 Å². The summed E-state index contributed by atoms with van der Waals surface area (Å²) < 4.78 is 10.5. The van der Waals surface area contributed by atoms with Crippen molar-refractivity contribution in [2.45, 2.75) is 0 Å². The maximum Gasteiger partial charge on any atom is 0.339 e. The molecule has 7 heteroatoms. The Morgan fingerprint density at radius 3 is 2.52 bits per heavy atom. The average Bonchev–Trinajstić information content (AvgIpc) is 3.17. The molecule has 0 saturated heterocycles. The summed E-state index contributed by atoms with van der Waals surface area (Å²) in [5, 5.41) is 6.49. The molecule has 0 aliphatic carbocycles. The number of hydrogen-bond donors (Lipinski definition) is 2. The van der Waals surface area contributed by atoms with Gasteiger partial charge in [0.25, 0.3) is 0 Å². The van der Waals surface area contributed by atoms with Gasteiger partial charge in [0, 0.05) is 11.3 Å². The Hall–Kier alpha value is -3.87. The molecule has 0 aliphatic rings. The zero-order valence-corrected chi connectivity index (χ0v) is 14.5. The summed E-state index contributed by atoms with van der Waals surface area (Å²) in [6, 6.07) is 18.9. The summed E-state index contributed by atoms with van der Waals surface area (Å²) in [5.41, 5.74) is 4.02. The number of nitrogens with one attached hydrogen (secondary N) is 2. The standard InChI is InChI=1S/C20H17N3O4/c1-26-19(24)17-10-6-5-9-16(17)18-12-11-15(27-18)13-21-23-20(25)22-14-7-3-2-4-8-14/h2-13H,1H3,(H2,22,23,25). The molecule has 7 nitrogen and oxygen atoms in total. The Bertz CT molecular complexity index is 964. The Kier molecular flexibility index (Phi) is 5.64. The number of esters is 1. The van der Waals surface area contributed by atoms with Crippen molar-refractivity contribution in [3.8, 4) is 11.3 Å². The fraction of sp³-hybridized carbons (Fsp3) is 0.0500. The number of amides is 2. The number of methoxy groups -OCH3 is 1. The maximum atomic E-state index is 11.9. The topological polar surface area (TPSA) is 92.9 Å². The van der Waals surface area contributed by atoms with E-state index in [-0.39, 0.29) is 0 Å². The minimum absolute atomic E-state index is 0.401. The molecule has 136 valence electrons. The van der Waals surface area contributed by atoms with Crippen LogP contribution in [-0.2, 0) is 4.74 Å². The fourth-order valence-corrected chi connectivity index (χ4v) is 2.39. The molecule has 3 rings (SSSR count). The van der Waals surface area contributed by atoms with Crippen LogP contribution in [0.25, 0.3) is 11.3 Å². The Morgan fingerprint density at radius 1 is 1.00 bits per heavy atom. The Balaban J connectivity index is 1.65. The Morgan fingerprint density at radius 2 is 1.74 bits per heavy atom. The minimum atomic E-state index is -0.472. The number of para-hydroxylation sites is 1. The van der Waals surface area contributed by atoms with Gasteiger partial charge in [-0.05, 0) is 30.3 Å². The number of carbonyl (C=O) groups excluding carboxylic acids is 2. The molecule has 0 radical (unpaired) electrons. The first-order valence-electron chi connectivity index (χ1n) is 8.10. The van der Waals surface area contributed by atoms with Crippen LogP contribution in [0.4, 0.5) is 10.5 Å². The molecule has 0 saturated carbocycles. The van der Waals surface area contributed by atoms with E-state index >= 15 is 0 Å². The molecule has 1 heterocycles. The van der Waals surface area contributed by atoms with Crippen molar-refractivity contribution in [1.29, 1.82) is 0 Å². The lowest BCUT2D eigenvalue weighted by Gasteiger charge is -2.04. The van der Waals surface area contributed by atoms with Crippen LogP contribution in [0.3, 0.4) is 0 Å². The number of urea groups is 1. The van der Waals surface area contributed by atoms with Crippen molar-refractivity contribution in [3.63, 3.8) is 0 Å². The van der Waals surface area contributed by atoms with Gasteiger partial charge in [0.2, 0.25) is 0 Å². The summed E-state index contributed by atoms with van der Waals surface area (Å²) in [4.78, 5) is 23.6. The molecular formula is C20H17N3O4. The van der Waals surface area contributed by atoms with E-state index in [2.05, 4.69) is 15.8 Å². The van der Waals surface area contributed by atoms with Crippen LogP contribution in [-0.4, -0.2) is 25.3 Å². The molecule has 0 bridgehead atoms. The van der Waals surface area contributed by atoms with Gasteiger partial charge in [-0.25, -0.2) is 15.0 Å². The number of carbonyl (C=O) groups is 2. The van der Waals surface area contributed by atoms with Crippen molar-refractivity contribution in [2.24, 2.45) is 5.10 Å². The van der Waals surface area contributed by atoms with E-state index in [4.69, 9.17) is 9.15 Å². The van der Waals surface area contributed by atoms with Crippen LogP contribution in [0.5, 0.6) is 0 Å². The zero-order valence-electron chi connectivity index (χ0n) is 14.5. The first-order chi connectivity index (χ1) is 13.2. The molecule has 27 heavy (non-hydrogen) atoms. The highest BCUT2D eigenvalue weighted by atomic mass is 16.5. The highest BCUT2D eigenvalue weighted by Gasteiger charge is 2.15. The van der Waals surface area contributed by atoms with Gasteiger partial charge in [-0.15, -0.1) is 0 Å². The normalized spacial score (nSPS) is 10.6. The molecule has 0 aliphatic heterocycles. The van der Waals surface area contributed by atoms with Crippen LogP contribution in [0.1, 0.15) is 16.1 Å². The second-order valence-corrected chi connectivity index (χ2v) is 5.43. The lowest BCUT2D eigenvalue weighted by Crippen LogP contribution is -2.24. The number of rotatable bonds is 5. The maximum absolute atomic E-state index is 11.9. The molecule has 2 amide bonds. The van der Waals surface area contributed by atoms with Gasteiger partial charge in [0.15, 0.2) is 0 Å². The largest absolute Gasteiger partial charge is 0.465 e. The monoisotopic (exact) mass is 363 g/mol. The third-order valence-electron chi connectivity index (χ3n) is 3.61. The summed E-state index contributed by atoms with van der Waals surface area (Å²) in [5.74, 6) is 0.465. The smallest absolute Gasteiger partial charge is 0.339 e. The highest BCUT2D eigenvalue weighted by Crippen LogP contribution is 2.25. The van der Waals surface area contributed by atoms with Crippen molar-refractivity contribution in [1.82, 2.24) is 5.43 Å². The minimum Gasteiger partial charge on any atom is -0.465 e. The molecule has 0 fully saturated rings. The lowest BCUT2D eigenvalue weighted by atomic mass is 10.1. The van der Waals surface area contributed by atoms with Crippen molar-refractivity contribution < 1.29 is 18.7 Å². The van der Waals surface area contributed by atoms with Crippen LogP contribution >= 0.6 is 0 Å². The predicted molar refractivity (Wildman–Crippen MR) is 102 cm³/mol. The van der Waals surface area contributed by atoms with Gasteiger partial charge in [-0.2, -0.15) is 5.10 Å². The van der Waals surface area contributed by atoms with Gasteiger partial charge in [0.1, 0.15) is 11.5 Å². The first-order valence-corrected chi connectivity index (χ1v) is 8.10. The second kappa shape index (κ2) is 8.48. The van der Waals surface area contributed by atoms with Crippen molar-refractivity contribution in [2.75, 3.05) is 12.4 Å². The van der Waals surface area contributed by atoms with Gasteiger partial charge >= 0.3 is 12.0 Å². The molecule has 0 spiro atoms. The van der Waals surface area contributed by atoms with E-state index in [1.54, 1.807) is 48.5 Å². The Labute approximate surface area is 155 Å². The van der Waals surface area contributed by atoms with E-state index in [1.165, 1.54) is 13.3 Å². The molecule has 2 aromatic carbocycles. The van der Waals surface area contributed by atoms with Crippen LogP contribution in [0.2, 0.25) is 0 Å². The number of hydrogen-bond acceptors (Lipinski definition) is 5. The number of benzene rings is 2. The predicted octanol–water partition coefficient (Wildman–Crippen LogP) is 3.89. The van der Waals surface area contributed by atoms with Gasteiger partial charge in [0.05, 0.1) is 18.9 Å². The number of ether oxygens (including phenoxy) is 1. The molecule has 3 aromatic rings. The van der Waals surface area contributed by atoms with Crippen LogP contribution < -0.4 is 10.7 Å². The highest BCUT2D eigenvalue weighted by molar-refractivity contribution is 5.96. The quantitative estimate of drug-likeness (QED) is 0.409. The summed E-state index contributed by atoms with van der Waals surface area (Å²) in [6.45, 7) is 0. The SMILES string of the molecule is COC(=O)c1ccccc1-c1ccc(C=NNC(=O)Nc2ccccc2)o1. The number of nitrogens with zero attached hydrogens (tertiary/aromatic N) is 1. The molecular weight excluding hydrogens is 346 g/mol. The van der Waals surface area contributed by atoms with Gasteiger partial charge in [-0.3, -0.25) is 0 Å². The summed E-state index contributed by atoms with van der Waals surface area (Å²) in [6.07, 6.45) is 1.37. The zero-order chi connectivity index (χ0) is 19.1. The second-order valence-electron chi connectivity index (χ2n) is 5.43. The summed E-state index contributed by atoms with van der Waals surface area (Å²) in [7, 11) is 1.32. The van der Waals surface area contributed by atoms with Gasteiger partial charge < -0.3 is 14.5 Å². The van der Waals surface area contributed by atoms with E-state index in [1.807, 2.05) is 18.2 Å². The average molecular weight is 363 g/mol. The fourth-order valence-electron chi connectivity index (χ4n) is 2.39. The van der Waals surface area contributed by atoms with Crippen molar-refractivity contribution >= 4 is 23.9 Å². The molecule has 0 unspecified atom stereocenters. The van der Waals surface area contributed by atoms with E-state index < -0.39 is 12.0 Å². The number of hydrazone groups is 1. The number of furan rings is 1. The van der Waals surface area contributed by atoms with E-state index in [0.29, 0.717) is 28.3 Å². The van der Waals surface area contributed by atoms with E-state index in [9.17, 15) is 9.59 Å². The van der Waals surface area contributed by atoms with Gasteiger partial charge in [-0.1, -0.05) is 36.4 Å². The number of anilines is 1. The third-order valence-corrected chi connectivity index (χ3v) is 3.61. The molecule has 0 atom stereocenters. The van der Waals surface area contributed by atoms with Crippen molar-refractivity contribution in [3.05, 3.63) is 78.1 Å². The van der Waals surface area contributed by atoms with E-state index in [0.717, 1.165) is 0 Å². The molecule has 2 N–H and O–H groups in total. The first kappa shape index (κ1) is 17.9. The lowest BCUT2D eigenvalue weighted by molar-refractivity contribution is 0.0601. The molecule has 1 aromatic heterocycles. The summed E-state index contributed by atoms with van der Waals surface area (Å²) >= 11 is 0. The third kappa shape index (κ3) is 4.60. The van der Waals surface area contributed by atoms with Crippen LogP contribution in [0, 0.1) is 0 Å².